The van der Waals surface area contributed by atoms with Gasteiger partial charge in [-0.05, 0) is 51.4 Å². The fourth-order valence-electron chi connectivity index (χ4n) is 5.58. The van der Waals surface area contributed by atoms with E-state index in [1.807, 2.05) is 0 Å². The quantitative estimate of drug-likeness (QED) is 0.0539. The first-order valence-electron chi connectivity index (χ1n) is 16.6. The lowest BCUT2D eigenvalue weighted by Crippen LogP contribution is -2.13. The first kappa shape index (κ1) is 39.6. The van der Waals surface area contributed by atoms with Crippen molar-refractivity contribution in [2.24, 2.45) is 0 Å². The van der Waals surface area contributed by atoms with Crippen LogP contribution in [0.1, 0.15) is 183 Å². The molecule has 0 amide bonds. The first-order valence-corrected chi connectivity index (χ1v) is 20.1. The Hall–Kier alpha value is 0.500. The molecular weight excluding hydrogens is 495 g/mol. The molecule has 0 saturated carbocycles. The predicted octanol–water partition coefficient (Wildman–Crippen LogP) is 11.6. The summed E-state index contributed by atoms with van der Waals surface area (Å²) < 4.78 is 25.3. The van der Waals surface area contributed by atoms with Gasteiger partial charge in [-0.3, -0.25) is 4.21 Å². The molecule has 0 unspecified atom stereocenters. The Kier molecular flexibility index (Phi) is 35.0. The Balaban J connectivity index is -0.00000227. The zero-order valence-corrected chi connectivity index (χ0v) is 27.6. The van der Waals surface area contributed by atoms with E-state index < -0.39 is 18.6 Å². The highest BCUT2D eigenvalue weighted by Gasteiger charge is 2.34. The van der Waals surface area contributed by atoms with E-state index in [1.54, 1.807) is 50.3 Å². The smallest absolute Gasteiger partial charge is 0.784 e. The van der Waals surface area contributed by atoms with Crippen molar-refractivity contribution in [1.82, 2.24) is 0 Å². The average molecular weight is 565 g/mol. The van der Waals surface area contributed by atoms with Gasteiger partial charge in [0.25, 0.3) is 0 Å². The van der Waals surface area contributed by atoms with Crippen molar-refractivity contribution in [1.29, 1.82) is 0 Å². The van der Waals surface area contributed by atoms with Crippen LogP contribution >= 0.6 is 7.26 Å². The second-order valence-electron chi connectivity index (χ2n) is 11.5. The van der Waals surface area contributed by atoms with Crippen molar-refractivity contribution in [3.63, 3.8) is 0 Å². The molecule has 37 heavy (non-hydrogen) atoms. The van der Waals surface area contributed by atoms with E-state index in [-0.39, 0.29) is 1.43 Å². The van der Waals surface area contributed by atoms with Gasteiger partial charge in [0.1, 0.15) is 0 Å². The van der Waals surface area contributed by atoms with E-state index in [2.05, 4.69) is 27.7 Å². The molecule has 0 atom stereocenters. The van der Waals surface area contributed by atoms with Gasteiger partial charge in [-0.25, -0.2) is 0 Å². The second kappa shape index (κ2) is 32.7. The highest BCUT2D eigenvalue weighted by molar-refractivity contribution is 7.75. The monoisotopic (exact) mass is 564 g/mol. The minimum atomic E-state index is -3.11. The van der Waals surface area contributed by atoms with E-state index in [0.717, 1.165) is 0 Å². The molecule has 0 rings (SSSR count). The Morgan fingerprint density at radius 3 is 0.757 bits per heavy atom. The van der Waals surface area contributed by atoms with Crippen molar-refractivity contribution in [3.8, 4) is 0 Å². The van der Waals surface area contributed by atoms with Crippen LogP contribution in [0, 0.1) is 0 Å². The van der Waals surface area contributed by atoms with Gasteiger partial charge in [0.2, 0.25) is 0 Å². The van der Waals surface area contributed by atoms with Crippen LogP contribution in [0.5, 0.6) is 0 Å². The molecule has 0 bridgehead atoms. The van der Waals surface area contributed by atoms with Gasteiger partial charge >= 0.3 is 1.43 Å². The van der Waals surface area contributed by atoms with Gasteiger partial charge in [-0.2, -0.15) is 0 Å². The molecule has 0 aliphatic rings. The summed E-state index contributed by atoms with van der Waals surface area (Å²) in [4.78, 5) is 0. The van der Waals surface area contributed by atoms with Gasteiger partial charge in [-0.15, -0.1) is 11.4 Å². The summed E-state index contributed by atoms with van der Waals surface area (Å²) in [6, 6.07) is 0. The van der Waals surface area contributed by atoms with Crippen LogP contribution in [0.25, 0.3) is 0 Å². The Labute approximate surface area is 239 Å². The van der Waals surface area contributed by atoms with Crippen LogP contribution in [0.4, 0.5) is 0 Å². The summed E-state index contributed by atoms with van der Waals surface area (Å²) in [6.07, 6.45) is 42.1. The summed E-state index contributed by atoms with van der Waals surface area (Å²) in [5.74, 6) is 0. The second-order valence-corrected chi connectivity index (χ2v) is 16.4. The molecule has 0 aliphatic heterocycles. The third kappa shape index (κ3) is 32.6. The van der Waals surface area contributed by atoms with Gasteiger partial charge in [-0.1, -0.05) is 130 Å². The molecule has 0 aromatic rings. The molecule has 0 aromatic carbocycles. The lowest BCUT2D eigenvalue weighted by Gasteiger charge is -2.28. The maximum Gasteiger partial charge on any atom is 1.00 e. The topological polar surface area (TPSA) is 63.2 Å². The van der Waals surface area contributed by atoms with E-state index in [9.17, 15) is 0 Å². The molecule has 0 N–H and O–H groups in total. The van der Waals surface area contributed by atoms with Gasteiger partial charge < -0.3 is 9.11 Å². The van der Waals surface area contributed by atoms with Crippen molar-refractivity contribution >= 4 is 18.6 Å². The fourth-order valence-corrected chi connectivity index (χ4v) is 10.5. The maximum atomic E-state index is 8.44. The molecule has 0 fully saturated rings. The summed E-state index contributed by atoms with van der Waals surface area (Å²) >= 11 is -3.11. The van der Waals surface area contributed by atoms with E-state index in [0.29, 0.717) is 0 Å². The molecule has 0 aromatic heterocycles. The normalized spacial score (nSPS) is 11.6. The highest BCUT2D eigenvalue weighted by atomic mass is 32.2. The number of hydrogen-bond acceptors (Lipinski definition) is 3. The number of unbranched alkanes of at least 4 members (excludes halogenated alkanes) is 20. The zero-order valence-electron chi connectivity index (χ0n) is 26.9. The summed E-state index contributed by atoms with van der Waals surface area (Å²) in [5.41, 5.74) is 0. The van der Waals surface area contributed by atoms with E-state index >= 15 is 0 Å². The van der Waals surface area contributed by atoms with Crippen LogP contribution in [-0.4, -0.2) is 38.0 Å². The van der Waals surface area contributed by atoms with Gasteiger partial charge in [0.05, 0.1) is 24.6 Å². The van der Waals surface area contributed by atoms with Gasteiger partial charge in [0.15, 0.2) is 0 Å². The largest absolute Gasteiger partial charge is 1.00 e. The molecule has 226 valence electrons. The zero-order chi connectivity index (χ0) is 27.9. The van der Waals surface area contributed by atoms with Crippen LogP contribution < -0.4 is 0 Å². The third-order valence-electron chi connectivity index (χ3n) is 7.94. The Morgan fingerprint density at radius 1 is 0.405 bits per heavy atom. The SMILES string of the molecule is CCCCCCCC[P+](CCCCCCCC)(CCCCCCCC)CCCCCCCC.O=S([O-])[O-].[H+]. The molecule has 0 radical (unpaired) electrons. The fraction of sp³-hybridized carbons (Fsp3) is 1.00. The summed E-state index contributed by atoms with van der Waals surface area (Å²) in [7, 11) is -0.718. The standard InChI is InChI=1S/C32H68P.H2O3S/c1-5-9-13-17-21-25-29-33(30-26-22-18-14-10-6-2,31-27-23-19-15-11-7-3)32-28-24-20-16-12-8-4;1-4(2)3/h5-32H2,1-4H3;(H2,1,2,3)/q+1;/p-1. The predicted molar refractivity (Wildman–Crippen MR) is 171 cm³/mol. The lowest BCUT2D eigenvalue weighted by atomic mass is 10.1. The minimum Gasteiger partial charge on any atom is -0.784 e. The summed E-state index contributed by atoms with van der Waals surface area (Å²) in [6.45, 7) is 9.38. The molecule has 5 heteroatoms. The van der Waals surface area contributed by atoms with Crippen molar-refractivity contribution in [2.75, 3.05) is 24.6 Å². The van der Waals surface area contributed by atoms with E-state index in [1.165, 1.54) is 128 Å². The van der Waals surface area contributed by atoms with E-state index in [4.69, 9.17) is 13.3 Å². The molecule has 0 spiro atoms. The summed E-state index contributed by atoms with van der Waals surface area (Å²) in [5, 5.41) is 0. The molecule has 0 aliphatic carbocycles. The van der Waals surface area contributed by atoms with Crippen molar-refractivity contribution in [2.45, 2.75) is 182 Å². The minimum absolute atomic E-state index is 0. The highest BCUT2D eigenvalue weighted by Crippen LogP contribution is 2.61. The van der Waals surface area contributed by atoms with Crippen LogP contribution in [-0.2, 0) is 11.4 Å². The van der Waals surface area contributed by atoms with Crippen LogP contribution in [0.2, 0.25) is 0 Å². The van der Waals surface area contributed by atoms with Crippen LogP contribution in [0.15, 0.2) is 0 Å². The Morgan fingerprint density at radius 2 is 0.568 bits per heavy atom. The van der Waals surface area contributed by atoms with Gasteiger partial charge in [0, 0.05) is 7.26 Å². The third-order valence-corrected chi connectivity index (χ3v) is 13.0. The molecule has 0 heterocycles. The first-order chi connectivity index (χ1) is 18.0. The Bertz CT molecular complexity index is 381. The van der Waals surface area contributed by atoms with Crippen molar-refractivity contribution in [3.05, 3.63) is 0 Å². The lowest BCUT2D eigenvalue weighted by molar-refractivity contribution is 0.419. The number of rotatable bonds is 28. The average Bonchev–Trinajstić information content (AvgIpc) is 2.87. The number of hydrogen-bond donors (Lipinski definition) is 0. The molecule has 3 nitrogen and oxygen atoms in total. The maximum absolute atomic E-state index is 8.44. The van der Waals surface area contributed by atoms with Crippen LogP contribution in [0.3, 0.4) is 0 Å². The molecule has 0 saturated heterocycles. The van der Waals surface area contributed by atoms with Crippen molar-refractivity contribution < 1.29 is 14.7 Å². The molecular formula is C32H69O3PS.